The number of phenolic OH excluding ortho intramolecular Hbond substituents is 1. The second kappa shape index (κ2) is 6.05. The molecule has 0 saturated heterocycles. The maximum absolute atomic E-state index is 10.7. The van der Waals surface area contributed by atoms with Crippen LogP contribution in [0.5, 0.6) is 5.75 Å². The van der Waals surface area contributed by atoms with Crippen LogP contribution in [0, 0.1) is 0 Å². The topological polar surface area (TPSA) is 49.3 Å². The van der Waals surface area contributed by atoms with Gasteiger partial charge in [0.05, 0.1) is 0 Å². The molecule has 2 aromatic rings. The van der Waals surface area contributed by atoms with E-state index in [0.29, 0.717) is 6.54 Å². The van der Waals surface area contributed by atoms with Gasteiger partial charge in [0.1, 0.15) is 5.75 Å². The molecule has 0 spiro atoms. The van der Waals surface area contributed by atoms with Gasteiger partial charge in [-0.2, -0.15) is 0 Å². The van der Waals surface area contributed by atoms with E-state index in [4.69, 9.17) is 0 Å². The number of carbonyl (C=O) groups excluding carboxylic acids is 1. The molecule has 0 aliphatic heterocycles. The van der Waals surface area contributed by atoms with Crippen LogP contribution in [0.15, 0.2) is 42.5 Å². The number of fused-ring (bicyclic) bond motifs is 1. The number of hydrogen-bond donors (Lipinski definition) is 2. The zero-order valence-corrected chi connectivity index (χ0v) is 10.9. The Kier molecular flexibility index (Phi) is 4.18. The van der Waals surface area contributed by atoms with E-state index in [2.05, 4.69) is 5.32 Å². The van der Waals surface area contributed by atoms with Crippen molar-refractivity contribution in [2.75, 3.05) is 6.54 Å². The highest BCUT2D eigenvalue weighted by atomic mass is 16.3. The van der Waals surface area contributed by atoms with Crippen molar-refractivity contribution in [1.82, 2.24) is 5.32 Å². The summed E-state index contributed by atoms with van der Waals surface area (Å²) in [5.41, 5.74) is 1.08. The van der Waals surface area contributed by atoms with Crippen LogP contribution in [0.4, 0.5) is 0 Å². The molecule has 0 aromatic heterocycles. The average Bonchev–Trinajstić information content (AvgIpc) is 2.37. The van der Waals surface area contributed by atoms with Crippen LogP contribution in [-0.2, 0) is 4.79 Å². The van der Waals surface area contributed by atoms with E-state index in [-0.39, 0.29) is 11.7 Å². The maximum atomic E-state index is 10.7. The highest BCUT2D eigenvalue weighted by Crippen LogP contribution is 2.21. The molecule has 2 rings (SSSR count). The largest absolute Gasteiger partial charge is 0.508 e. The van der Waals surface area contributed by atoms with E-state index in [1.54, 1.807) is 12.1 Å². The van der Waals surface area contributed by atoms with E-state index in [0.717, 1.165) is 22.8 Å². The number of phenols is 1. The predicted molar refractivity (Wildman–Crippen MR) is 77.9 cm³/mol. The summed E-state index contributed by atoms with van der Waals surface area (Å²) in [6.07, 6.45) is 4.85. The highest BCUT2D eigenvalue weighted by Gasteiger charge is 1.96. The van der Waals surface area contributed by atoms with Crippen LogP contribution in [-0.4, -0.2) is 17.6 Å². The van der Waals surface area contributed by atoms with Crippen molar-refractivity contribution in [3.8, 4) is 5.75 Å². The van der Waals surface area contributed by atoms with E-state index >= 15 is 0 Å². The summed E-state index contributed by atoms with van der Waals surface area (Å²) in [7, 11) is 0. The lowest BCUT2D eigenvalue weighted by Crippen LogP contribution is -2.20. The first kappa shape index (κ1) is 13.1. The molecule has 0 unspecified atom stereocenters. The summed E-state index contributed by atoms with van der Waals surface area (Å²) in [6.45, 7) is 2.17. The molecule has 0 bridgehead atoms. The Morgan fingerprint density at radius 3 is 2.79 bits per heavy atom. The molecule has 0 saturated carbocycles. The normalized spacial score (nSPS) is 11.0. The monoisotopic (exact) mass is 255 g/mol. The lowest BCUT2D eigenvalue weighted by molar-refractivity contribution is -0.118. The van der Waals surface area contributed by atoms with Gasteiger partial charge < -0.3 is 10.4 Å². The lowest BCUT2D eigenvalue weighted by atomic mass is 10.1. The zero-order chi connectivity index (χ0) is 13.7. The summed E-state index contributed by atoms with van der Waals surface area (Å²) in [6, 6.07) is 11.4. The van der Waals surface area contributed by atoms with Crippen molar-refractivity contribution in [1.29, 1.82) is 0 Å². The van der Waals surface area contributed by atoms with Crippen LogP contribution < -0.4 is 5.32 Å². The number of nitrogens with one attached hydrogen (secondary N) is 1. The third-order valence-electron chi connectivity index (χ3n) is 2.84. The molecule has 0 radical (unpaired) electrons. The standard InChI is InChI=1S/C16H17NO2/c1-12(18)17-9-3-2-4-13-5-6-14-7-8-16(19)11-15(14)10-13/h2,4-8,10-11,19H,3,9H2,1H3,(H,17,18). The first-order valence-electron chi connectivity index (χ1n) is 6.29. The number of rotatable bonds is 4. The number of carbonyl (C=O) groups is 1. The molecule has 3 heteroatoms. The predicted octanol–water partition coefficient (Wildman–Crippen LogP) is 3.08. The SMILES string of the molecule is CC(=O)NCCC=Cc1ccc2ccc(O)cc2c1. The van der Waals surface area contributed by atoms with Gasteiger partial charge in [-0.1, -0.05) is 30.4 Å². The molecule has 0 fully saturated rings. The highest BCUT2D eigenvalue weighted by molar-refractivity contribution is 5.85. The fourth-order valence-electron chi connectivity index (χ4n) is 1.91. The molecule has 98 valence electrons. The van der Waals surface area contributed by atoms with E-state index in [1.165, 1.54) is 6.92 Å². The number of aromatic hydroxyl groups is 1. The van der Waals surface area contributed by atoms with Crippen molar-refractivity contribution in [2.45, 2.75) is 13.3 Å². The number of amides is 1. The Bertz CT molecular complexity index is 617. The second-order valence-electron chi connectivity index (χ2n) is 4.46. The Morgan fingerprint density at radius 1 is 1.21 bits per heavy atom. The second-order valence-corrected chi connectivity index (χ2v) is 4.46. The molecule has 1 amide bonds. The van der Waals surface area contributed by atoms with Crippen molar-refractivity contribution in [2.24, 2.45) is 0 Å². The molecule has 0 aliphatic carbocycles. The van der Waals surface area contributed by atoms with Crippen LogP contribution in [0.3, 0.4) is 0 Å². The molecule has 19 heavy (non-hydrogen) atoms. The van der Waals surface area contributed by atoms with Crippen molar-refractivity contribution >= 4 is 22.8 Å². The van der Waals surface area contributed by atoms with Gasteiger partial charge in [-0.3, -0.25) is 4.79 Å². The summed E-state index contributed by atoms with van der Waals surface area (Å²) in [5, 5.41) is 14.3. The van der Waals surface area contributed by atoms with Crippen LogP contribution in [0.2, 0.25) is 0 Å². The number of benzene rings is 2. The smallest absolute Gasteiger partial charge is 0.216 e. The Morgan fingerprint density at radius 2 is 2.00 bits per heavy atom. The lowest BCUT2D eigenvalue weighted by Gasteiger charge is -2.01. The summed E-state index contributed by atoms with van der Waals surface area (Å²) in [4.78, 5) is 10.7. The van der Waals surface area contributed by atoms with Gasteiger partial charge in [-0.15, -0.1) is 0 Å². The summed E-state index contributed by atoms with van der Waals surface area (Å²) in [5.74, 6) is 0.272. The minimum Gasteiger partial charge on any atom is -0.508 e. The van der Waals surface area contributed by atoms with Gasteiger partial charge in [0, 0.05) is 13.5 Å². The fourth-order valence-corrected chi connectivity index (χ4v) is 1.91. The summed E-state index contributed by atoms with van der Waals surface area (Å²) < 4.78 is 0. The van der Waals surface area contributed by atoms with E-state index in [1.807, 2.05) is 36.4 Å². The quantitative estimate of drug-likeness (QED) is 0.825. The summed E-state index contributed by atoms with van der Waals surface area (Å²) >= 11 is 0. The van der Waals surface area contributed by atoms with Crippen LogP contribution in [0.1, 0.15) is 18.9 Å². The first-order valence-corrected chi connectivity index (χ1v) is 6.29. The minimum absolute atomic E-state index is 0.00502. The average molecular weight is 255 g/mol. The molecule has 3 nitrogen and oxygen atoms in total. The fraction of sp³-hybridized carbons (Fsp3) is 0.188. The third kappa shape index (κ3) is 3.85. The number of hydrogen-bond acceptors (Lipinski definition) is 2. The van der Waals surface area contributed by atoms with Gasteiger partial charge in [-0.25, -0.2) is 0 Å². The molecule has 2 N–H and O–H groups in total. The molecule has 2 aromatic carbocycles. The molecule has 0 aliphatic rings. The molecular weight excluding hydrogens is 238 g/mol. The van der Waals surface area contributed by atoms with Crippen molar-refractivity contribution in [3.05, 3.63) is 48.0 Å². The van der Waals surface area contributed by atoms with Crippen molar-refractivity contribution < 1.29 is 9.90 Å². The third-order valence-corrected chi connectivity index (χ3v) is 2.84. The Labute approximate surface area is 112 Å². The van der Waals surface area contributed by atoms with Crippen LogP contribution in [0.25, 0.3) is 16.8 Å². The van der Waals surface area contributed by atoms with Gasteiger partial charge in [0.25, 0.3) is 0 Å². The van der Waals surface area contributed by atoms with E-state index in [9.17, 15) is 9.90 Å². The first-order chi connectivity index (χ1) is 9.15. The molecule has 0 heterocycles. The minimum atomic E-state index is -0.00502. The maximum Gasteiger partial charge on any atom is 0.216 e. The van der Waals surface area contributed by atoms with Gasteiger partial charge in [0.15, 0.2) is 0 Å². The van der Waals surface area contributed by atoms with Gasteiger partial charge >= 0.3 is 0 Å². The van der Waals surface area contributed by atoms with E-state index < -0.39 is 0 Å². The zero-order valence-electron chi connectivity index (χ0n) is 10.9. The van der Waals surface area contributed by atoms with Crippen molar-refractivity contribution in [3.63, 3.8) is 0 Å². The Balaban J connectivity index is 2.04. The molecular formula is C16H17NO2. The van der Waals surface area contributed by atoms with Gasteiger partial charge in [0.2, 0.25) is 5.91 Å². The van der Waals surface area contributed by atoms with Gasteiger partial charge in [-0.05, 0) is 41.0 Å². The van der Waals surface area contributed by atoms with Crippen LogP contribution >= 0.6 is 0 Å². The Hall–Kier alpha value is -2.29. The molecule has 0 atom stereocenters.